The van der Waals surface area contributed by atoms with E-state index < -0.39 is 10.9 Å². The van der Waals surface area contributed by atoms with Crippen LogP contribution in [0.25, 0.3) is 6.08 Å². The van der Waals surface area contributed by atoms with Gasteiger partial charge in [0, 0.05) is 12.1 Å². The molecule has 0 aliphatic heterocycles. The van der Waals surface area contributed by atoms with Crippen LogP contribution in [0.2, 0.25) is 0 Å². The lowest BCUT2D eigenvalue weighted by Crippen LogP contribution is -2.12. The lowest BCUT2D eigenvalue weighted by molar-refractivity contribution is -0.384. The summed E-state index contributed by atoms with van der Waals surface area (Å²) < 4.78 is 4.90. The molecule has 0 heterocycles. The first-order valence-corrected chi connectivity index (χ1v) is 5.51. The minimum Gasteiger partial charge on any atom is -0.459 e. The van der Waals surface area contributed by atoms with Crippen molar-refractivity contribution in [2.45, 2.75) is 20.0 Å². The highest BCUT2D eigenvalue weighted by atomic mass is 16.6. The molecule has 0 aliphatic carbocycles. The van der Waals surface area contributed by atoms with Crippen molar-refractivity contribution in [3.8, 4) is 6.07 Å². The second kappa shape index (κ2) is 6.31. The van der Waals surface area contributed by atoms with E-state index in [0.717, 1.165) is 0 Å². The molecule has 1 rings (SSSR count). The molecule has 1 aromatic carbocycles. The van der Waals surface area contributed by atoms with Gasteiger partial charge < -0.3 is 4.74 Å². The summed E-state index contributed by atoms with van der Waals surface area (Å²) in [7, 11) is 0. The van der Waals surface area contributed by atoms with Crippen molar-refractivity contribution in [3.63, 3.8) is 0 Å². The summed E-state index contributed by atoms with van der Waals surface area (Å²) in [4.78, 5) is 21.5. The fraction of sp³-hybridized carbons (Fsp3) is 0.231. The highest BCUT2D eigenvalue weighted by Gasteiger charge is 2.12. The van der Waals surface area contributed by atoms with E-state index in [9.17, 15) is 14.9 Å². The van der Waals surface area contributed by atoms with Crippen LogP contribution in [0.3, 0.4) is 0 Å². The van der Waals surface area contributed by atoms with Crippen molar-refractivity contribution < 1.29 is 14.5 Å². The van der Waals surface area contributed by atoms with Crippen molar-refractivity contribution in [2.75, 3.05) is 0 Å². The molecule has 0 radical (unpaired) electrons. The van der Waals surface area contributed by atoms with Gasteiger partial charge in [0.2, 0.25) is 0 Å². The highest BCUT2D eigenvalue weighted by molar-refractivity contribution is 5.97. The van der Waals surface area contributed by atoms with Crippen molar-refractivity contribution >= 4 is 17.7 Å². The Bertz CT molecular complexity index is 553. The molecule has 0 aromatic heterocycles. The van der Waals surface area contributed by atoms with Crippen LogP contribution in [0.15, 0.2) is 29.8 Å². The topological polar surface area (TPSA) is 93.2 Å². The minimum atomic E-state index is -0.712. The van der Waals surface area contributed by atoms with Crippen LogP contribution < -0.4 is 0 Å². The zero-order chi connectivity index (χ0) is 14.4. The Morgan fingerprint density at radius 1 is 1.42 bits per heavy atom. The number of nitro groups is 1. The number of ether oxygens (including phenoxy) is 1. The number of esters is 1. The summed E-state index contributed by atoms with van der Waals surface area (Å²) in [6.07, 6.45) is 1.01. The minimum absolute atomic E-state index is 0.0552. The zero-order valence-corrected chi connectivity index (χ0v) is 10.5. The maximum Gasteiger partial charge on any atom is 0.349 e. The largest absolute Gasteiger partial charge is 0.459 e. The van der Waals surface area contributed by atoms with Crippen LogP contribution in [-0.2, 0) is 9.53 Å². The van der Waals surface area contributed by atoms with E-state index in [0.29, 0.717) is 5.56 Å². The number of hydrogen-bond acceptors (Lipinski definition) is 5. The first-order chi connectivity index (χ1) is 8.93. The van der Waals surface area contributed by atoms with Crippen LogP contribution >= 0.6 is 0 Å². The van der Waals surface area contributed by atoms with Gasteiger partial charge in [-0.05, 0) is 37.6 Å². The third-order valence-corrected chi connectivity index (χ3v) is 2.10. The second-order valence-corrected chi connectivity index (χ2v) is 3.97. The predicted molar refractivity (Wildman–Crippen MR) is 67.9 cm³/mol. The highest BCUT2D eigenvalue weighted by Crippen LogP contribution is 2.15. The summed E-state index contributed by atoms with van der Waals surface area (Å²) in [5.74, 6) is -0.712. The molecule has 98 valence electrons. The number of nitriles is 1. The predicted octanol–water partition coefficient (Wildman–Crippen LogP) is 2.45. The van der Waals surface area contributed by atoms with Crippen molar-refractivity contribution in [1.82, 2.24) is 0 Å². The third kappa shape index (κ3) is 4.24. The molecule has 0 saturated carbocycles. The first kappa shape index (κ1) is 14.4. The van der Waals surface area contributed by atoms with Crippen LogP contribution in [0.5, 0.6) is 0 Å². The molecule has 0 fully saturated rings. The molecule has 6 nitrogen and oxygen atoms in total. The Kier molecular flexibility index (Phi) is 4.77. The van der Waals surface area contributed by atoms with Gasteiger partial charge >= 0.3 is 5.97 Å². The Morgan fingerprint density at radius 3 is 2.42 bits per heavy atom. The van der Waals surface area contributed by atoms with Crippen molar-refractivity contribution in [1.29, 1.82) is 5.26 Å². The van der Waals surface area contributed by atoms with E-state index in [2.05, 4.69) is 0 Å². The Balaban J connectivity index is 2.95. The van der Waals surface area contributed by atoms with Gasteiger partial charge in [-0.1, -0.05) is 0 Å². The molecule has 1 aromatic rings. The van der Waals surface area contributed by atoms with Crippen LogP contribution in [0.4, 0.5) is 5.69 Å². The normalized spacial score (nSPS) is 10.9. The lowest BCUT2D eigenvalue weighted by atomic mass is 10.1. The van der Waals surface area contributed by atoms with Crippen molar-refractivity contribution in [2.24, 2.45) is 0 Å². The van der Waals surface area contributed by atoms with E-state index in [4.69, 9.17) is 10.00 Å². The monoisotopic (exact) mass is 260 g/mol. The molecule has 0 N–H and O–H groups in total. The molecule has 0 aliphatic rings. The number of nitrogens with zero attached hydrogens (tertiary/aromatic N) is 2. The van der Waals surface area contributed by atoms with Gasteiger partial charge in [0.05, 0.1) is 11.0 Å². The average Bonchev–Trinajstić information content (AvgIpc) is 2.35. The molecule has 0 amide bonds. The van der Waals surface area contributed by atoms with E-state index in [1.54, 1.807) is 19.9 Å². The maximum absolute atomic E-state index is 11.5. The summed E-state index contributed by atoms with van der Waals surface area (Å²) in [5.41, 5.74) is 0.311. The summed E-state index contributed by atoms with van der Waals surface area (Å²) >= 11 is 0. The van der Waals surface area contributed by atoms with Gasteiger partial charge in [-0.2, -0.15) is 5.26 Å². The van der Waals surface area contributed by atoms with Crippen LogP contribution in [-0.4, -0.2) is 17.0 Å². The number of carbonyl (C=O) groups excluding carboxylic acids is 1. The van der Waals surface area contributed by atoms with Gasteiger partial charge in [0.25, 0.3) is 5.69 Å². The summed E-state index contributed by atoms with van der Waals surface area (Å²) in [6, 6.07) is 7.26. The maximum atomic E-state index is 11.5. The molecule has 6 heteroatoms. The lowest BCUT2D eigenvalue weighted by Gasteiger charge is -2.06. The fourth-order valence-electron chi connectivity index (χ4n) is 1.27. The Hall–Kier alpha value is -2.68. The Labute approximate surface area is 110 Å². The van der Waals surface area contributed by atoms with Crippen molar-refractivity contribution in [3.05, 3.63) is 45.5 Å². The van der Waals surface area contributed by atoms with Crippen LogP contribution in [0.1, 0.15) is 19.4 Å². The van der Waals surface area contributed by atoms with Gasteiger partial charge in [-0.15, -0.1) is 0 Å². The number of rotatable bonds is 4. The number of non-ortho nitro benzene ring substituents is 1. The van der Waals surface area contributed by atoms with E-state index >= 15 is 0 Å². The van der Waals surface area contributed by atoms with E-state index in [-0.39, 0.29) is 17.4 Å². The third-order valence-electron chi connectivity index (χ3n) is 2.10. The number of hydrogen-bond donors (Lipinski definition) is 0. The molecule has 0 atom stereocenters. The average molecular weight is 260 g/mol. The van der Waals surface area contributed by atoms with E-state index in [1.165, 1.54) is 30.3 Å². The first-order valence-electron chi connectivity index (χ1n) is 5.51. The fourth-order valence-corrected chi connectivity index (χ4v) is 1.27. The smallest absolute Gasteiger partial charge is 0.349 e. The zero-order valence-electron chi connectivity index (χ0n) is 10.5. The van der Waals surface area contributed by atoms with Crippen LogP contribution in [0, 0.1) is 21.4 Å². The molecule has 0 unspecified atom stereocenters. The molecule has 0 saturated heterocycles. The molecule has 0 bridgehead atoms. The molecule has 0 spiro atoms. The quantitative estimate of drug-likeness (QED) is 0.272. The number of benzene rings is 1. The van der Waals surface area contributed by atoms with Gasteiger partial charge in [0.1, 0.15) is 11.6 Å². The van der Waals surface area contributed by atoms with Gasteiger partial charge in [-0.3, -0.25) is 10.1 Å². The van der Waals surface area contributed by atoms with Gasteiger partial charge in [-0.25, -0.2) is 4.79 Å². The number of nitro benzene ring substituents is 1. The Morgan fingerprint density at radius 2 is 2.00 bits per heavy atom. The van der Waals surface area contributed by atoms with E-state index in [1.807, 2.05) is 0 Å². The number of carbonyl (C=O) groups is 1. The SMILES string of the molecule is CC(C)OC(=O)C(C#N)=Cc1ccc([N+](=O)[O-])cc1. The second-order valence-electron chi connectivity index (χ2n) is 3.97. The van der Waals surface area contributed by atoms with Gasteiger partial charge in [0.15, 0.2) is 0 Å². The standard InChI is InChI=1S/C13H12N2O4/c1-9(2)19-13(16)11(8-14)7-10-3-5-12(6-4-10)15(17)18/h3-7,9H,1-2H3. The summed E-state index contributed by atoms with van der Waals surface area (Å²) in [5, 5.41) is 19.4. The molecule has 19 heavy (non-hydrogen) atoms. The molecular weight excluding hydrogens is 248 g/mol. The molecular formula is C13H12N2O4. The summed E-state index contributed by atoms with van der Waals surface area (Å²) in [6.45, 7) is 3.36.